The molecule has 1 unspecified atom stereocenters. The zero-order chi connectivity index (χ0) is 23.5. The van der Waals surface area contributed by atoms with Gasteiger partial charge in [-0.05, 0) is 43.0 Å². The van der Waals surface area contributed by atoms with Crippen LogP contribution in [0, 0.1) is 6.92 Å². The standard InChI is InChI=1S/C26H23N3O4/c1-16-11-13-18(14-12-16)22-19-8-4-5-9-20(19)25(31)29(3)23(22)26(32)33-17(2)24(30)28-21-10-6-7-15-27-21/h4-15,17H,1-3H3,(H,27,28,30). The molecule has 0 aliphatic carbocycles. The van der Waals surface area contributed by atoms with Gasteiger partial charge in [0, 0.05) is 24.2 Å². The number of nitrogens with one attached hydrogen (secondary N) is 1. The normalized spacial score (nSPS) is 11.7. The first-order chi connectivity index (χ1) is 15.9. The Morgan fingerprint density at radius 3 is 2.30 bits per heavy atom. The summed E-state index contributed by atoms with van der Waals surface area (Å²) in [4.78, 5) is 42.9. The van der Waals surface area contributed by atoms with E-state index in [0.717, 1.165) is 11.1 Å². The first kappa shape index (κ1) is 22.0. The molecule has 0 spiro atoms. The Hall–Kier alpha value is -4.26. The van der Waals surface area contributed by atoms with Crippen molar-refractivity contribution in [1.29, 1.82) is 0 Å². The van der Waals surface area contributed by atoms with Crippen molar-refractivity contribution < 1.29 is 14.3 Å². The van der Waals surface area contributed by atoms with Crippen molar-refractivity contribution >= 4 is 28.5 Å². The third-order valence-electron chi connectivity index (χ3n) is 5.41. The van der Waals surface area contributed by atoms with E-state index in [-0.39, 0.29) is 11.3 Å². The lowest BCUT2D eigenvalue weighted by Crippen LogP contribution is -2.33. The van der Waals surface area contributed by atoms with Crippen LogP contribution in [0.1, 0.15) is 23.0 Å². The summed E-state index contributed by atoms with van der Waals surface area (Å²) in [5, 5.41) is 3.75. The second kappa shape index (κ2) is 9.08. The highest BCUT2D eigenvalue weighted by atomic mass is 16.5. The fourth-order valence-electron chi connectivity index (χ4n) is 3.65. The van der Waals surface area contributed by atoms with Gasteiger partial charge < -0.3 is 14.6 Å². The van der Waals surface area contributed by atoms with Gasteiger partial charge in [0.25, 0.3) is 11.5 Å². The largest absolute Gasteiger partial charge is 0.448 e. The number of ether oxygens (including phenoxy) is 1. The summed E-state index contributed by atoms with van der Waals surface area (Å²) in [5.74, 6) is -0.937. The molecule has 0 fully saturated rings. The van der Waals surface area contributed by atoms with Crippen molar-refractivity contribution in [1.82, 2.24) is 9.55 Å². The Labute approximate surface area is 190 Å². The highest BCUT2D eigenvalue weighted by Crippen LogP contribution is 2.31. The predicted molar refractivity (Wildman–Crippen MR) is 127 cm³/mol. The van der Waals surface area contributed by atoms with Crippen molar-refractivity contribution in [2.75, 3.05) is 5.32 Å². The summed E-state index contributed by atoms with van der Waals surface area (Å²) in [5.41, 5.74) is 2.18. The predicted octanol–water partition coefficient (Wildman–Crippen LogP) is 4.09. The zero-order valence-corrected chi connectivity index (χ0v) is 18.5. The van der Waals surface area contributed by atoms with Crippen LogP contribution in [0.5, 0.6) is 0 Å². The van der Waals surface area contributed by atoms with Gasteiger partial charge in [0.1, 0.15) is 11.5 Å². The van der Waals surface area contributed by atoms with Crippen LogP contribution in [0.4, 0.5) is 5.82 Å². The number of benzene rings is 2. The lowest BCUT2D eigenvalue weighted by atomic mass is 9.96. The molecule has 2 aromatic heterocycles. The van der Waals surface area contributed by atoms with E-state index < -0.39 is 18.0 Å². The monoisotopic (exact) mass is 441 g/mol. The van der Waals surface area contributed by atoms with Crippen LogP contribution in [0.3, 0.4) is 0 Å². The molecule has 0 bridgehead atoms. The van der Waals surface area contributed by atoms with Crippen LogP contribution in [0.2, 0.25) is 0 Å². The molecule has 7 nitrogen and oxygen atoms in total. The zero-order valence-electron chi connectivity index (χ0n) is 18.5. The van der Waals surface area contributed by atoms with Gasteiger partial charge in [0.2, 0.25) is 0 Å². The molecule has 0 aliphatic heterocycles. The van der Waals surface area contributed by atoms with E-state index in [1.807, 2.05) is 37.3 Å². The average molecular weight is 441 g/mol. The minimum absolute atomic E-state index is 0.0834. The summed E-state index contributed by atoms with van der Waals surface area (Å²) in [6.45, 7) is 3.45. The first-order valence-corrected chi connectivity index (χ1v) is 10.5. The maximum absolute atomic E-state index is 13.3. The molecule has 1 atom stereocenters. The number of amides is 1. The fourth-order valence-corrected chi connectivity index (χ4v) is 3.65. The summed E-state index contributed by atoms with van der Waals surface area (Å²) < 4.78 is 6.78. The molecule has 33 heavy (non-hydrogen) atoms. The number of aromatic nitrogens is 2. The molecule has 7 heteroatoms. The molecule has 2 heterocycles. The van der Waals surface area contributed by atoms with Gasteiger partial charge in [0.15, 0.2) is 6.10 Å². The van der Waals surface area contributed by atoms with Crippen LogP contribution < -0.4 is 10.9 Å². The van der Waals surface area contributed by atoms with Crippen LogP contribution in [0.15, 0.2) is 77.7 Å². The summed E-state index contributed by atoms with van der Waals surface area (Å²) >= 11 is 0. The Bertz CT molecular complexity index is 1390. The molecule has 1 amide bonds. The van der Waals surface area contributed by atoms with Gasteiger partial charge in [0.05, 0.1) is 0 Å². The molecule has 0 radical (unpaired) electrons. The third-order valence-corrected chi connectivity index (χ3v) is 5.41. The molecule has 0 saturated carbocycles. The molecule has 1 N–H and O–H groups in total. The highest BCUT2D eigenvalue weighted by Gasteiger charge is 2.26. The molecule has 4 aromatic rings. The van der Waals surface area contributed by atoms with Crippen molar-refractivity contribution in [3.05, 3.63) is 94.5 Å². The number of aryl methyl sites for hydroxylation is 1. The van der Waals surface area contributed by atoms with E-state index in [1.54, 1.807) is 42.6 Å². The SMILES string of the molecule is Cc1ccc(-c2c(C(=O)OC(C)C(=O)Nc3ccccn3)n(C)c(=O)c3ccccc23)cc1. The number of hydrogen-bond acceptors (Lipinski definition) is 5. The van der Waals surface area contributed by atoms with E-state index in [1.165, 1.54) is 18.5 Å². The number of pyridine rings is 2. The van der Waals surface area contributed by atoms with Gasteiger partial charge in [-0.15, -0.1) is 0 Å². The van der Waals surface area contributed by atoms with Crippen LogP contribution in [-0.4, -0.2) is 27.5 Å². The summed E-state index contributed by atoms with van der Waals surface area (Å²) in [6.07, 6.45) is 0.442. The molecule has 2 aromatic carbocycles. The Balaban J connectivity index is 1.76. The lowest BCUT2D eigenvalue weighted by Gasteiger charge is -2.19. The van der Waals surface area contributed by atoms with Crippen molar-refractivity contribution in [3.8, 4) is 11.1 Å². The quantitative estimate of drug-likeness (QED) is 0.471. The Kier molecular flexibility index (Phi) is 6.04. The Morgan fingerprint density at radius 2 is 1.64 bits per heavy atom. The van der Waals surface area contributed by atoms with Gasteiger partial charge in [-0.25, -0.2) is 9.78 Å². The van der Waals surface area contributed by atoms with Gasteiger partial charge in [-0.1, -0.05) is 54.1 Å². The van der Waals surface area contributed by atoms with Crippen molar-refractivity contribution in [2.45, 2.75) is 20.0 Å². The maximum atomic E-state index is 13.3. The van der Waals surface area contributed by atoms with Crippen molar-refractivity contribution in [2.24, 2.45) is 7.05 Å². The highest BCUT2D eigenvalue weighted by molar-refractivity contribution is 6.07. The number of hydrogen-bond donors (Lipinski definition) is 1. The third kappa shape index (κ3) is 4.39. The van der Waals surface area contributed by atoms with Crippen LogP contribution in [-0.2, 0) is 16.6 Å². The molecule has 0 saturated heterocycles. The van der Waals surface area contributed by atoms with Crippen LogP contribution in [0.25, 0.3) is 21.9 Å². The van der Waals surface area contributed by atoms with Crippen molar-refractivity contribution in [3.63, 3.8) is 0 Å². The number of esters is 1. The number of nitrogens with zero attached hydrogens (tertiary/aromatic N) is 2. The lowest BCUT2D eigenvalue weighted by molar-refractivity contribution is -0.123. The summed E-state index contributed by atoms with van der Waals surface area (Å²) in [7, 11) is 1.53. The fraction of sp³-hybridized carbons (Fsp3) is 0.154. The second-order valence-electron chi connectivity index (χ2n) is 7.75. The van der Waals surface area contributed by atoms with Gasteiger partial charge in [-0.2, -0.15) is 0 Å². The smallest absolute Gasteiger partial charge is 0.356 e. The van der Waals surface area contributed by atoms with Gasteiger partial charge >= 0.3 is 5.97 Å². The first-order valence-electron chi connectivity index (χ1n) is 10.5. The minimum Gasteiger partial charge on any atom is -0.448 e. The average Bonchev–Trinajstić information content (AvgIpc) is 2.82. The molecular formula is C26H23N3O4. The van der Waals surface area contributed by atoms with E-state index >= 15 is 0 Å². The molecular weight excluding hydrogens is 418 g/mol. The number of fused-ring (bicyclic) bond motifs is 1. The molecule has 4 rings (SSSR count). The van der Waals surface area contributed by atoms with E-state index in [9.17, 15) is 14.4 Å². The number of anilines is 1. The summed E-state index contributed by atoms with van der Waals surface area (Å²) in [6, 6.07) is 19.9. The van der Waals surface area contributed by atoms with Crippen LogP contribution >= 0.6 is 0 Å². The maximum Gasteiger partial charge on any atom is 0.356 e. The topological polar surface area (TPSA) is 90.3 Å². The number of carbonyl (C=O) groups is 2. The van der Waals surface area contributed by atoms with E-state index in [0.29, 0.717) is 22.2 Å². The molecule has 166 valence electrons. The second-order valence-corrected chi connectivity index (χ2v) is 7.75. The number of carbonyl (C=O) groups excluding carboxylic acids is 2. The minimum atomic E-state index is -1.10. The molecule has 0 aliphatic rings. The van der Waals surface area contributed by atoms with E-state index in [2.05, 4.69) is 10.3 Å². The van der Waals surface area contributed by atoms with E-state index in [4.69, 9.17) is 4.74 Å². The van der Waals surface area contributed by atoms with Gasteiger partial charge in [-0.3, -0.25) is 9.59 Å². The Morgan fingerprint density at radius 1 is 0.970 bits per heavy atom. The number of rotatable bonds is 5.